The van der Waals surface area contributed by atoms with Gasteiger partial charge in [-0.2, -0.15) is 0 Å². The fourth-order valence-electron chi connectivity index (χ4n) is 3.06. The minimum Gasteiger partial charge on any atom is -0.396 e. The smallest absolute Gasteiger partial charge is 0.0499 e. The zero-order valence-electron chi connectivity index (χ0n) is 8.37. The molecule has 2 saturated carbocycles. The Labute approximate surface area is 79.9 Å². The second-order valence-corrected chi connectivity index (χ2v) is 5.54. The van der Waals surface area contributed by atoms with Gasteiger partial charge in [0.15, 0.2) is 0 Å². The fourth-order valence-corrected chi connectivity index (χ4v) is 3.06. The molecule has 2 atom stereocenters. The van der Waals surface area contributed by atoms with Crippen molar-refractivity contribution in [1.82, 2.24) is 4.90 Å². The van der Waals surface area contributed by atoms with E-state index >= 15 is 0 Å². The third-order valence-corrected chi connectivity index (χ3v) is 4.55. The van der Waals surface area contributed by atoms with E-state index in [1.807, 2.05) is 0 Å². The van der Waals surface area contributed by atoms with E-state index in [9.17, 15) is 5.11 Å². The summed E-state index contributed by atoms with van der Waals surface area (Å²) < 4.78 is 0. The number of nitrogens with zero attached hydrogens (tertiary/aromatic N) is 1. The van der Waals surface area contributed by atoms with Crippen LogP contribution in [0.25, 0.3) is 0 Å². The van der Waals surface area contributed by atoms with Crippen LogP contribution in [-0.2, 0) is 0 Å². The van der Waals surface area contributed by atoms with Gasteiger partial charge in [0, 0.05) is 31.7 Å². The van der Waals surface area contributed by atoms with Gasteiger partial charge in [-0.05, 0) is 30.6 Å². The summed E-state index contributed by atoms with van der Waals surface area (Å²) in [5.41, 5.74) is 0.333. The molecular formula is C11H19NO. The van der Waals surface area contributed by atoms with Gasteiger partial charge >= 0.3 is 0 Å². The van der Waals surface area contributed by atoms with E-state index in [0.29, 0.717) is 12.0 Å². The quantitative estimate of drug-likeness (QED) is 0.701. The molecule has 3 rings (SSSR count). The van der Waals surface area contributed by atoms with Crippen LogP contribution in [-0.4, -0.2) is 36.2 Å². The van der Waals surface area contributed by atoms with Crippen LogP contribution in [0.4, 0.5) is 0 Å². The Bertz CT molecular complexity index is 212. The summed E-state index contributed by atoms with van der Waals surface area (Å²) in [6.45, 7) is 6.59. The largest absolute Gasteiger partial charge is 0.396 e. The molecule has 1 aliphatic heterocycles. The maximum atomic E-state index is 9.22. The lowest BCUT2D eigenvalue weighted by atomic mass is 10.1. The number of fused-ring (bicyclic) bond motifs is 1. The summed E-state index contributed by atoms with van der Waals surface area (Å²) in [6, 6.07) is 0. The molecule has 3 fully saturated rings. The van der Waals surface area contributed by atoms with Crippen molar-refractivity contribution >= 4 is 0 Å². The molecule has 0 amide bonds. The highest BCUT2D eigenvalue weighted by atomic mass is 16.3. The summed E-state index contributed by atoms with van der Waals surface area (Å²) in [5, 5.41) is 9.22. The first-order chi connectivity index (χ1) is 6.24. The summed E-state index contributed by atoms with van der Waals surface area (Å²) in [5.74, 6) is 3.02. The molecule has 2 aliphatic carbocycles. The molecular weight excluding hydrogens is 162 g/mol. The highest BCUT2D eigenvalue weighted by molar-refractivity contribution is 5.05. The summed E-state index contributed by atoms with van der Waals surface area (Å²) >= 11 is 0. The maximum absolute atomic E-state index is 9.22. The predicted molar refractivity (Wildman–Crippen MR) is 51.3 cm³/mol. The van der Waals surface area contributed by atoms with Gasteiger partial charge in [-0.25, -0.2) is 0 Å². The highest BCUT2D eigenvalue weighted by Gasteiger charge is 2.54. The number of hydrogen-bond donors (Lipinski definition) is 1. The molecule has 1 N–H and O–H groups in total. The molecule has 0 radical (unpaired) electrons. The van der Waals surface area contributed by atoms with Gasteiger partial charge in [0.1, 0.15) is 0 Å². The summed E-state index contributed by atoms with van der Waals surface area (Å²) in [6.07, 6.45) is 2.51. The molecule has 3 aliphatic rings. The number of piperidine rings is 1. The molecule has 0 spiro atoms. The van der Waals surface area contributed by atoms with Crippen LogP contribution in [0.2, 0.25) is 0 Å². The Morgan fingerprint density at radius 2 is 1.92 bits per heavy atom. The third-order valence-electron chi connectivity index (χ3n) is 4.55. The predicted octanol–water partition coefficient (Wildman–Crippen LogP) is 0.957. The Morgan fingerprint density at radius 1 is 1.31 bits per heavy atom. The van der Waals surface area contributed by atoms with Crippen LogP contribution < -0.4 is 0 Å². The van der Waals surface area contributed by atoms with Gasteiger partial charge in [0.25, 0.3) is 0 Å². The maximum Gasteiger partial charge on any atom is 0.0499 e. The number of rotatable bonds is 3. The van der Waals surface area contributed by atoms with Gasteiger partial charge in [0.2, 0.25) is 0 Å². The summed E-state index contributed by atoms with van der Waals surface area (Å²) in [7, 11) is 0. The average Bonchev–Trinajstić information content (AvgIpc) is 2.94. The van der Waals surface area contributed by atoms with Crippen LogP contribution in [0.1, 0.15) is 19.8 Å². The van der Waals surface area contributed by atoms with Crippen LogP contribution in [0.15, 0.2) is 0 Å². The van der Waals surface area contributed by atoms with E-state index in [2.05, 4.69) is 11.8 Å². The Balaban J connectivity index is 1.53. The first kappa shape index (κ1) is 8.25. The zero-order chi connectivity index (χ0) is 9.05. The van der Waals surface area contributed by atoms with Gasteiger partial charge in [0.05, 0.1) is 0 Å². The van der Waals surface area contributed by atoms with Crippen molar-refractivity contribution in [3.63, 3.8) is 0 Å². The van der Waals surface area contributed by atoms with Crippen molar-refractivity contribution in [1.29, 1.82) is 0 Å². The number of aliphatic hydroxyl groups excluding tert-OH is 1. The highest BCUT2D eigenvalue weighted by Crippen LogP contribution is 2.53. The molecule has 2 heteroatoms. The topological polar surface area (TPSA) is 23.5 Å². The molecule has 0 aromatic carbocycles. The molecule has 74 valence electrons. The molecule has 2 nitrogen and oxygen atoms in total. The fraction of sp³-hybridized carbons (Fsp3) is 1.00. The minimum atomic E-state index is 0.333. The SMILES string of the molecule is CC1C2CN(CC3(CO)CC3)CC12. The molecule has 13 heavy (non-hydrogen) atoms. The van der Waals surface area contributed by atoms with E-state index in [1.165, 1.54) is 32.5 Å². The van der Waals surface area contributed by atoms with Crippen LogP contribution in [0.5, 0.6) is 0 Å². The average molecular weight is 181 g/mol. The van der Waals surface area contributed by atoms with Crippen molar-refractivity contribution in [2.24, 2.45) is 23.2 Å². The Morgan fingerprint density at radius 3 is 2.38 bits per heavy atom. The summed E-state index contributed by atoms with van der Waals surface area (Å²) in [4.78, 5) is 2.58. The van der Waals surface area contributed by atoms with Gasteiger partial charge < -0.3 is 10.0 Å². The van der Waals surface area contributed by atoms with Crippen molar-refractivity contribution in [2.75, 3.05) is 26.2 Å². The first-order valence-electron chi connectivity index (χ1n) is 5.57. The number of hydrogen-bond acceptors (Lipinski definition) is 2. The second-order valence-electron chi connectivity index (χ2n) is 5.54. The zero-order valence-corrected chi connectivity index (χ0v) is 8.37. The normalized spacial score (nSPS) is 46.2. The van der Waals surface area contributed by atoms with Crippen LogP contribution in [0, 0.1) is 23.2 Å². The molecule has 0 aromatic rings. The van der Waals surface area contributed by atoms with Crippen LogP contribution in [0.3, 0.4) is 0 Å². The number of likely N-dealkylation sites (tertiary alicyclic amines) is 1. The van der Waals surface area contributed by atoms with E-state index in [4.69, 9.17) is 0 Å². The van der Waals surface area contributed by atoms with Crippen molar-refractivity contribution in [2.45, 2.75) is 19.8 Å². The van der Waals surface area contributed by atoms with E-state index < -0.39 is 0 Å². The van der Waals surface area contributed by atoms with E-state index in [-0.39, 0.29) is 0 Å². The van der Waals surface area contributed by atoms with Gasteiger partial charge in [-0.3, -0.25) is 0 Å². The Hall–Kier alpha value is -0.0800. The number of aliphatic hydroxyl groups is 1. The lowest BCUT2D eigenvalue weighted by Crippen LogP contribution is -2.32. The van der Waals surface area contributed by atoms with Gasteiger partial charge in [-0.1, -0.05) is 6.92 Å². The molecule has 2 unspecified atom stereocenters. The molecule has 1 heterocycles. The van der Waals surface area contributed by atoms with Crippen molar-refractivity contribution in [3.05, 3.63) is 0 Å². The molecule has 0 bridgehead atoms. The van der Waals surface area contributed by atoms with Crippen molar-refractivity contribution in [3.8, 4) is 0 Å². The van der Waals surface area contributed by atoms with Crippen molar-refractivity contribution < 1.29 is 5.11 Å². The van der Waals surface area contributed by atoms with Crippen LogP contribution >= 0.6 is 0 Å². The lowest BCUT2D eigenvalue weighted by Gasteiger charge is -2.23. The van der Waals surface area contributed by atoms with Gasteiger partial charge in [-0.15, -0.1) is 0 Å². The van der Waals surface area contributed by atoms with E-state index in [1.54, 1.807) is 0 Å². The van der Waals surface area contributed by atoms with E-state index in [0.717, 1.165) is 17.8 Å². The third kappa shape index (κ3) is 1.23. The molecule has 1 saturated heterocycles. The standard InChI is InChI=1S/C11H19NO/c1-8-9-4-12(5-10(8)9)6-11(7-13)2-3-11/h8-10,13H,2-7H2,1H3. The molecule has 0 aromatic heterocycles. The first-order valence-corrected chi connectivity index (χ1v) is 5.57. The monoisotopic (exact) mass is 181 g/mol. The second kappa shape index (κ2) is 2.48. The minimum absolute atomic E-state index is 0.333. The lowest BCUT2D eigenvalue weighted by molar-refractivity contribution is 0.153. The Kier molecular flexibility index (Phi) is 1.58.